The van der Waals surface area contributed by atoms with Crippen LogP contribution in [0.4, 0.5) is 5.69 Å². The van der Waals surface area contributed by atoms with Gasteiger partial charge in [-0.3, -0.25) is 4.98 Å². The number of carbonyl (C=O) groups excluding carboxylic acids is 1. The van der Waals surface area contributed by atoms with E-state index in [1.54, 1.807) is 18.3 Å². The van der Waals surface area contributed by atoms with Crippen LogP contribution in [0.2, 0.25) is 0 Å². The van der Waals surface area contributed by atoms with E-state index in [0.29, 0.717) is 23.6 Å². The van der Waals surface area contributed by atoms with Crippen molar-refractivity contribution in [3.63, 3.8) is 0 Å². The number of para-hydroxylation sites is 1. The lowest BCUT2D eigenvalue weighted by molar-refractivity contribution is 0.0239. The number of hydrogen-bond donors (Lipinski definition) is 0. The summed E-state index contributed by atoms with van der Waals surface area (Å²) in [5, 5.41) is 1.03. The largest absolute Gasteiger partial charge is 0.493 e. The van der Waals surface area contributed by atoms with E-state index >= 15 is 0 Å². The molecule has 0 saturated carbocycles. The first-order valence-electron chi connectivity index (χ1n) is 12.9. The Morgan fingerprint density at radius 1 is 1.00 bits per heavy atom. The van der Waals surface area contributed by atoms with Crippen molar-refractivity contribution in [1.82, 2.24) is 9.55 Å². The van der Waals surface area contributed by atoms with Gasteiger partial charge in [0, 0.05) is 65.8 Å². The maximum absolute atomic E-state index is 13.3. The highest BCUT2D eigenvalue weighted by molar-refractivity contribution is 5.97. The van der Waals surface area contributed by atoms with Crippen molar-refractivity contribution < 1.29 is 14.3 Å². The molecule has 0 aliphatic carbocycles. The molecule has 1 aliphatic rings. The van der Waals surface area contributed by atoms with Gasteiger partial charge >= 0.3 is 5.97 Å². The fraction of sp³-hybridized carbons (Fsp3) is 0.333. The molecule has 6 heteroatoms. The van der Waals surface area contributed by atoms with Gasteiger partial charge in [0.2, 0.25) is 5.60 Å². The number of hydrogen-bond acceptors (Lipinski definition) is 5. The second-order valence-corrected chi connectivity index (χ2v) is 9.01. The monoisotopic (exact) mass is 483 g/mol. The van der Waals surface area contributed by atoms with Crippen LogP contribution in [0.25, 0.3) is 10.9 Å². The van der Waals surface area contributed by atoms with Gasteiger partial charge < -0.3 is 18.9 Å². The van der Waals surface area contributed by atoms with Crippen molar-refractivity contribution in [1.29, 1.82) is 0 Å². The van der Waals surface area contributed by atoms with E-state index in [2.05, 4.69) is 60.7 Å². The molecule has 0 bridgehead atoms. The Kier molecular flexibility index (Phi) is 6.44. The van der Waals surface area contributed by atoms with Crippen molar-refractivity contribution >= 4 is 22.6 Å². The number of pyridine rings is 1. The molecule has 0 N–H and O–H groups in total. The number of carbonyl (C=O) groups is 1. The van der Waals surface area contributed by atoms with Crippen LogP contribution in [0.3, 0.4) is 0 Å². The maximum atomic E-state index is 13.3. The molecule has 186 valence electrons. The van der Waals surface area contributed by atoms with E-state index in [-0.39, 0.29) is 5.97 Å². The molecule has 0 amide bonds. The minimum absolute atomic E-state index is 0.374. The number of ether oxygens (including phenoxy) is 2. The molecule has 5 rings (SSSR count). The Hall–Kier alpha value is -3.80. The standard InChI is InChI=1S/C30H33N3O3/c1-5-18-33-20-25(22-12-9-10-14-26(22)33)30(28-23(29(34)36-30)13-11-17-31-28)24-16-15-21(32(6-2)7-3)19-27(24)35-8-4/h9-17,19-20H,5-8,18H2,1-4H3. The van der Waals surface area contributed by atoms with Crippen molar-refractivity contribution in [2.24, 2.45) is 0 Å². The molecule has 6 nitrogen and oxygen atoms in total. The molecule has 1 aliphatic heterocycles. The Morgan fingerprint density at radius 2 is 1.81 bits per heavy atom. The molecule has 1 atom stereocenters. The third-order valence-corrected chi connectivity index (χ3v) is 7.01. The zero-order chi connectivity index (χ0) is 25.3. The van der Waals surface area contributed by atoms with E-state index in [1.807, 2.05) is 25.1 Å². The summed E-state index contributed by atoms with van der Waals surface area (Å²) in [7, 11) is 0. The van der Waals surface area contributed by atoms with E-state index < -0.39 is 5.60 Å². The quantitative estimate of drug-likeness (QED) is 0.267. The van der Waals surface area contributed by atoms with E-state index in [4.69, 9.17) is 14.5 Å². The lowest BCUT2D eigenvalue weighted by Gasteiger charge is -2.31. The molecule has 1 unspecified atom stereocenters. The van der Waals surface area contributed by atoms with Crippen LogP contribution in [-0.2, 0) is 16.9 Å². The summed E-state index contributed by atoms with van der Waals surface area (Å²) >= 11 is 0. The summed E-state index contributed by atoms with van der Waals surface area (Å²) in [5.74, 6) is 0.321. The van der Waals surface area contributed by atoms with Gasteiger partial charge in [-0.25, -0.2) is 4.79 Å². The van der Waals surface area contributed by atoms with Crippen LogP contribution in [0.5, 0.6) is 5.75 Å². The number of anilines is 1. The Bertz CT molecular complexity index is 1410. The number of nitrogens with zero attached hydrogens (tertiary/aromatic N) is 3. The molecule has 0 radical (unpaired) electrons. The second-order valence-electron chi connectivity index (χ2n) is 9.01. The summed E-state index contributed by atoms with van der Waals surface area (Å²) in [6, 6.07) is 18.1. The number of aromatic nitrogens is 2. The summed E-state index contributed by atoms with van der Waals surface area (Å²) in [6.07, 6.45) is 4.84. The van der Waals surface area contributed by atoms with Crippen molar-refractivity contribution in [3.8, 4) is 5.75 Å². The highest BCUT2D eigenvalue weighted by Crippen LogP contribution is 2.51. The highest BCUT2D eigenvalue weighted by Gasteiger charge is 2.53. The summed E-state index contributed by atoms with van der Waals surface area (Å²) < 4.78 is 14.9. The normalized spacial score (nSPS) is 16.7. The van der Waals surface area contributed by atoms with Gasteiger partial charge in [0.05, 0.1) is 12.2 Å². The number of aryl methyl sites for hydroxylation is 1. The number of rotatable bonds is 9. The lowest BCUT2D eigenvalue weighted by Crippen LogP contribution is -2.31. The average molecular weight is 484 g/mol. The molecule has 2 aromatic heterocycles. The van der Waals surface area contributed by atoms with Crippen LogP contribution in [0, 0.1) is 0 Å². The Labute approximate surface area is 212 Å². The summed E-state index contributed by atoms with van der Waals surface area (Å²) in [4.78, 5) is 20.3. The minimum Gasteiger partial charge on any atom is -0.493 e. The zero-order valence-electron chi connectivity index (χ0n) is 21.5. The molecular formula is C30H33N3O3. The SMILES string of the molecule is CCCn1cc(C2(c3ccc(N(CC)CC)cc3OCC)OC(=O)c3cccnc32)c2ccccc21. The number of cyclic esters (lactones) is 1. The molecular weight excluding hydrogens is 450 g/mol. The average Bonchev–Trinajstić information content (AvgIpc) is 3.42. The van der Waals surface area contributed by atoms with Crippen LogP contribution >= 0.6 is 0 Å². The van der Waals surface area contributed by atoms with Crippen LogP contribution in [0.15, 0.2) is 67.0 Å². The molecule has 2 aromatic carbocycles. The van der Waals surface area contributed by atoms with Crippen LogP contribution in [0.1, 0.15) is 61.3 Å². The first-order chi connectivity index (χ1) is 17.6. The second kappa shape index (κ2) is 9.69. The fourth-order valence-corrected chi connectivity index (χ4v) is 5.42. The van der Waals surface area contributed by atoms with Gasteiger partial charge in [-0.2, -0.15) is 0 Å². The van der Waals surface area contributed by atoms with Crippen molar-refractivity contribution in [2.75, 3.05) is 24.6 Å². The van der Waals surface area contributed by atoms with Gasteiger partial charge in [0.25, 0.3) is 0 Å². The fourth-order valence-electron chi connectivity index (χ4n) is 5.42. The first kappa shape index (κ1) is 23.9. The minimum atomic E-state index is -1.22. The maximum Gasteiger partial charge on any atom is 0.341 e. The van der Waals surface area contributed by atoms with Gasteiger partial charge in [-0.1, -0.05) is 25.1 Å². The van der Waals surface area contributed by atoms with Gasteiger partial charge in [0.15, 0.2) is 0 Å². The summed E-state index contributed by atoms with van der Waals surface area (Å²) in [6.45, 7) is 11.5. The smallest absolute Gasteiger partial charge is 0.341 e. The highest BCUT2D eigenvalue weighted by atomic mass is 16.6. The number of esters is 1. The molecule has 0 saturated heterocycles. The van der Waals surface area contributed by atoms with Gasteiger partial charge in [-0.05, 0) is 57.5 Å². The van der Waals surface area contributed by atoms with E-state index in [9.17, 15) is 4.79 Å². The molecule has 0 fully saturated rings. The molecule has 4 aromatic rings. The van der Waals surface area contributed by atoms with Gasteiger partial charge in [-0.15, -0.1) is 0 Å². The zero-order valence-corrected chi connectivity index (χ0v) is 21.5. The predicted octanol–water partition coefficient (Wildman–Crippen LogP) is 6.15. The van der Waals surface area contributed by atoms with Crippen molar-refractivity contribution in [3.05, 3.63) is 89.4 Å². The number of fused-ring (bicyclic) bond motifs is 2. The van der Waals surface area contributed by atoms with Crippen LogP contribution < -0.4 is 9.64 Å². The van der Waals surface area contributed by atoms with E-state index in [1.165, 1.54) is 0 Å². The van der Waals surface area contributed by atoms with Crippen molar-refractivity contribution in [2.45, 2.75) is 46.3 Å². The molecule has 0 spiro atoms. The molecule has 3 heterocycles. The third kappa shape index (κ3) is 3.63. The first-order valence-corrected chi connectivity index (χ1v) is 12.9. The van der Waals surface area contributed by atoms with Gasteiger partial charge in [0.1, 0.15) is 11.4 Å². The molecule has 36 heavy (non-hydrogen) atoms. The number of benzene rings is 2. The summed E-state index contributed by atoms with van der Waals surface area (Å²) in [5.41, 5.74) is 3.72. The predicted molar refractivity (Wildman–Crippen MR) is 143 cm³/mol. The Balaban J connectivity index is 1.85. The lowest BCUT2D eigenvalue weighted by atomic mass is 9.82. The Morgan fingerprint density at radius 3 is 2.56 bits per heavy atom. The van der Waals surface area contributed by atoms with Crippen LogP contribution in [-0.4, -0.2) is 35.2 Å². The van der Waals surface area contributed by atoms with E-state index in [0.717, 1.165) is 53.8 Å². The topological polar surface area (TPSA) is 56.6 Å². The third-order valence-electron chi connectivity index (χ3n) is 7.01.